The number of hydrogen-bond acceptors (Lipinski definition) is 21. The summed E-state index contributed by atoms with van der Waals surface area (Å²) in [6.45, 7) is 11.9. The Labute approximate surface area is 642 Å². The van der Waals surface area contributed by atoms with Crippen LogP contribution in [0.4, 0.5) is 22.7 Å². The molecule has 570 valence electrons. The molecule has 0 saturated heterocycles. The minimum Gasteiger partial charge on any atom is -0.508 e. The van der Waals surface area contributed by atoms with Crippen LogP contribution in [0.25, 0.3) is 21.8 Å². The number of Topliss-reactive ketones (excluding diaryl/α,β-unsaturated/α-hetero) is 5. The van der Waals surface area contributed by atoms with E-state index in [1.54, 1.807) is 91.3 Å². The average Bonchev–Trinajstić information content (AvgIpc) is 1.08. The van der Waals surface area contributed by atoms with Gasteiger partial charge in [0.05, 0.1) is 54.9 Å². The van der Waals surface area contributed by atoms with Gasteiger partial charge >= 0.3 is 0 Å². The number of sulfonamides is 1. The zero-order valence-electron chi connectivity index (χ0n) is 60.0. The van der Waals surface area contributed by atoms with Crippen LogP contribution in [-0.4, -0.2) is 115 Å². The van der Waals surface area contributed by atoms with Gasteiger partial charge in [-0.1, -0.05) is 121 Å². The summed E-state index contributed by atoms with van der Waals surface area (Å²) >= 11 is 18.2. The number of carbonyl (C=O) groups is 8. The molecule has 0 atom stereocenters. The summed E-state index contributed by atoms with van der Waals surface area (Å²) < 4.78 is 48.2. The van der Waals surface area contributed by atoms with E-state index in [4.69, 9.17) is 34.8 Å². The quantitative estimate of drug-likeness (QED) is 0.0423. The molecule has 0 radical (unpaired) electrons. The molecule has 0 spiro atoms. The maximum Gasteiger partial charge on any atom is 0.292 e. The van der Waals surface area contributed by atoms with E-state index in [0.717, 1.165) is 28.2 Å². The summed E-state index contributed by atoms with van der Waals surface area (Å²) in [6, 6.07) is 39.8. The van der Waals surface area contributed by atoms with Gasteiger partial charge in [-0.25, -0.2) is 16.8 Å². The number of phenols is 7. The van der Waals surface area contributed by atoms with Crippen LogP contribution in [0.2, 0.25) is 15.1 Å². The van der Waals surface area contributed by atoms with E-state index in [1.807, 2.05) is 64.1 Å². The summed E-state index contributed by atoms with van der Waals surface area (Å²) in [7, 11) is -6.67. The highest BCUT2D eigenvalue weighted by molar-refractivity contribution is 7.92. The molecule has 25 nitrogen and oxygen atoms in total. The van der Waals surface area contributed by atoms with E-state index in [9.17, 15) is 90.9 Å². The average molecular weight is 1590 g/mol. The van der Waals surface area contributed by atoms with Crippen molar-refractivity contribution in [2.45, 2.75) is 109 Å². The number of phenolic OH excluding ortho intramolecular Hbond substituents is 7. The first-order valence-electron chi connectivity index (χ1n) is 33.1. The van der Waals surface area contributed by atoms with Crippen molar-refractivity contribution in [3.63, 3.8) is 0 Å². The topological polar surface area (TPSA) is 420 Å². The Kier molecular flexibility index (Phi) is 28.7. The minimum absolute atomic E-state index is 0.0131. The van der Waals surface area contributed by atoms with E-state index in [2.05, 4.69) is 30.6 Å². The third-order valence-electron chi connectivity index (χ3n) is 16.3. The fourth-order valence-electron chi connectivity index (χ4n) is 11.3. The standard InChI is InChI=1S/C14H16ClNO3.C13H12ClNO4.C13H13NO3S.C12H10ClNO4.C10H9NO.C9H7NO.C8H10O3S/c1-7(17)4-8-5-9(15)12-11(13(8)19)14(2,3)6-10(18)16-12;1-6(16)2-7-3-10(14)12-9(13(7)19)4-8(17)5-11(18)15-12;1-10-5-7-13(8-6-10)18(16,17)14-11-3-2-4-12(15)9-11;1-5(15)2-6-3-8(13)10-7(11(6)17)4-9(16)12(18)14-10;1-7-5-6-11-10-8(7)3-2-4-9(10)12;11-8-5-1-3-7-4-2-6-10-9(7)8;1-12(10,11)6-7-4-2-3-5-8(7)9/h5,19H,4,6H2,1-3H3,(H,16,18);3,19H,2,4-5H2,1H3,(H,15,18);2-9,14-15H,1H3;3,17H,2,4H2,1H3,(H,14,18);2-6,12H,1H3;1-6,11H;2-5,9H,6H2,1H3. The molecule has 5 heterocycles. The molecular weight excluding hydrogens is 1510 g/mol. The first-order valence-corrected chi connectivity index (χ1v) is 37.7. The molecule has 13 rings (SSSR count). The van der Waals surface area contributed by atoms with Crippen molar-refractivity contribution in [1.29, 1.82) is 0 Å². The van der Waals surface area contributed by atoms with Gasteiger partial charge in [0.15, 0.2) is 9.84 Å². The number of hydrogen-bond donors (Lipinski definition) is 11. The summed E-state index contributed by atoms with van der Waals surface area (Å²) in [5, 5.41) is 78.0. The van der Waals surface area contributed by atoms with Crippen LogP contribution >= 0.6 is 34.8 Å². The number of amides is 3. The third kappa shape index (κ3) is 23.5. The van der Waals surface area contributed by atoms with E-state index in [1.165, 1.54) is 51.1 Å². The summed E-state index contributed by atoms with van der Waals surface area (Å²) in [5.41, 5.74) is 7.04. The van der Waals surface area contributed by atoms with Crippen LogP contribution in [0.5, 0.6) is 40.2 Å². The molecule has 3 aliphatic heterocycles. The molecule has 2 aromatic heterocycles. The number of sulfone groups is 1. The molecule has 0 fully saturated rings. The monoisotopic (exact) mass is 1580 g/mol. The SMILES string of the molecule is CC(=O)Cc1cc(Cl)c2c(c1O)C(C)(C)CC(=O)N2.CC(=O)Cc1cc(Cl)c2c(c1O)CC(=O)C(=O)N2.CC(=O)Cc1cc(Cl)c2c(c1O)CC(=O)CC(=O)N2.CS(=O)(=O)Cc1ccccc1O.Cc1ccc(S(=O)(=O)Nc2cccc(O)c2)cc1.Cc1ccnc2c(O)cccc12.Oc1cccc2cccnc12. The smallest absolute Gasteiger partial charge is 0.292 e. The Morgan fingerprint density at radius 1 is 0.523 bits per heavy atom. The molecule has 3 amide bonds. The molecule has 109 heavy (non-hydrogen) atoms. The second-order valence-electron chi connectivity index (χ2n) is 26.1. The number of nitrogens with zero attached hydrogens (tertiary/aromatic N) is 2. The number of fused-ring (bicyclic) bond motifs is 5. The Balaban J connectivity index is 0.000000179. The van der Waals surface area contributed by atoms with Gasteiger partial charge in [0, 0.05) is 118 Å². The van der Waals surface area contributed by atoms with Gasteiger partial charge < -0.3 is 51.7 Å². The predicted molar refractivity (Wildman–Crippen MR) is 416 cm³/mol. The number of halogens is 3. The Bertz CT molecular complexity index is 5400. The maximum atomic E-state index is 12.0. The highest BCUT2D eigenvalue weighted by atomic mass is 35.5. The molecule has 0 bridgehead atoms. The molecule has 0 aliphatic carbocycles. The number of anilines is 4. The Morgan fingerprint density at radius 2 is 1.03 bits per heavy atom. The van der Waals surface area contributed by atoms with E-state index < -0.39 is 42.9 Å². The van der Waals surface area contributed by atoms with Crippen molar-refractivity contribution in [2.75, 3.05) is 26.9 Å². The number of benzene rings is 8. The zero-order chi connectivity index (χ0) is 80.6. The molecule has 8 aromatic carbocycles. The van der Waals surface area contributed by atoms with Gasteiger partial charge in [0.1, 0.15) is 74.4 Å². The van der Waals surface area contributed by atoms with Crippen LogP contribution < -0.4 is 20.7 Å². The van der Waals surface area contributed by atoms with Crippen LogP contribution in [0.1, 0.15) is 97.5 Å². The van der Waals surface area contributed by atoms with Crippen molar-refractivity contribution < 1.29 is 90.9 Å². The number of pyridine rings is 2. The zero-order valence-corrected chi connectivity index (χ0v) is 63.9. The normalized spacial score (nSPS) is 13.1. The second kappa shape index (κ2) is 36.9. The summed E-state index contributed by atoms with van der Waals surface area (Å²) in [6.07, 6.45) is 4.44. The molecule has 11 N–H and O–H groups in total. The number of rotatable bonds is 11. The fourth-order valence-corrected chi connectivity index (χ4v) is 14.0. The van der Waals surface area contributed by atoms with Crippen molar-refractivity contribution in [2.24, 2.45) is 0 Å². The Hall–Kier alpha value is -11.5. The lowest BCUT2D eigenvalue weighted by Crippen LogP contribution is -2.33. The molecule has 0 saturated carbocycles. The second-order valence-corrected chi connectivity index (χ2v) is 31.2. The van der Waals surface area contributed by atoms with Gasteiger partial charge in [-0.2, -0.15) is 0 Å². The van der Waals surface area contributed by atoms with E-state index >= 15 is 0 Å². The number of para-hydroxylation sites is 3. The lowest BCUT2D eigenvalue weighted by molar-refractivity contribution is -0.134. The van der Waals surface area contributed by atoms with Crippen LogP contribution in [0, 0.1) is 13.8 Å². The van der Waals surface area contributed by atoms with E-state index in [0.29, 0.717) is 55.2 Å². The summed E-state index contributed by atoms with van der Waals surface area (Å²) in [5.74, 6) is -2.42. The number of aromatic nitrogens is 2. The third-order valence-corrected chi connectivity index (χ3v) is 19.4. The van der Waals surface area contributed by atoms with Crippen LogP contribution in [-0.2, 0) is 101 Å². The number of nitrogens with one attached hydrogen (secondary N) is 4. The van der Waals surface area contributed by atoms with Crippen LogP contribution in [0.3, 0.4) is 0 Å². The first-order chi connectivity index (χ1) is 51.1. The van der Waals surface area contributed by atoms with Gasteiger partial charge in [0.2, 0.25) is 17.6 Å². The van der Waals surface area contributed by atoms with E-state index in [-0.39, 0.29) is 157 Å². The highest BCUT2D eigenvalue weighted by Gasteiger charge is 2.37. The highest BCUT2D eigenvalue weighted by Crippen LogP contribution is 2.48. The van der Waals surface area contributed by atoms with Gasteiger partial charge in [0.25, 0.3) is 15.9 Å². The van der Waals surface area contributed by atoms with Gasteiger partial charge in [-0.15, -0.1) is 0 Å². The van der Waals surface area contributed by atoms with Crippen LogP contribution in [0.15, 0.2) is 163 Å². The largest absolute Gasteiger partial charge is 0.508 e. The van der Waals surface area contributed by atoms with Crippen molar-refractivity contribution in [3.8, 4) is 40.2 Å². The molecule has 30 heteroatoms. The van der Waals surface area contributed by atoms with Crippen molar-refractivity contribution in [1.82, 2.24) is 9.97 Å². The predicted octanol–water partition coefficient (Wildman–Crippen LogP) is 13.3. The molecule has 0 unspecified atom stereocenters. The van der Waals surface area contributed by atoms with Crippen molar-refractivity contribution >= 4 is 146 Å². The number of aryl methyl sites for hydroxylation is 2. The van der Waals surface area contributed by atoms with Gasteiger partial charge in [-0.05, 0) is 113 Å². The van der Waals surface area contributed by atoms with Gasteiger partial charge in [-0.3, -0.25) is 53.0 Å². The van der Waals surface area contributed by atoms with Crippen molar-refractivity contribution in [3.05, 3.63) is 223 Å². The number of aromatic hydroxyl groups is 7. The molecule has 10 aromatic rings. The number of carbonyl (C=O) groups excluding carboxylic acids is 8. The summed E-state index contributed by atoms with van der Waals surface area (Å²) in [4.78, 5) is 99.0. The molecule has 3 aliphatic rings. The lowest BCUT2D eigenvalue weighted by Gasteiger charge is -2.34. The number of ketones is 5. The lowest BCUT2D eigenvalue weighted by atomic mass is 9.76. The Morgan fingerprint density at radius 3 is 1.59 bits per heavy atom. The first kappa shape index (κ1) is 84.8. The fraction of sp³-hybridized carbons (Fsp3) is 0.215. The molecular formula is C79H77Cl3N6O19S2. The maximum absolute atomic E-state index is 12.0. The minimum atomic E-state index is -3.61.